The van der Waals surface area contributed by atoms with Crippen molar-refractivity contribution in [2.75, 3.05) is 0 Å². The van der Waals surface area contributed by atoms with Crippen LogP contribution in [0.15, 0.2) is 23.8 Å². The van der Waals surface area contributed by atoms with Crippen molar-refractivity contribution in [3.05, 3.63) is 23.8 Å². The van der Waals surface area contributed by atoms with Gasteiger partial charge < -0.3 is 0 Å². The first-order valence-corrected chi connectivity index (χ1v) is 5.24. The van der Waals surface area contributed by atoms with Crippen molar-refractivity contribution in [3.63, 3.8) is 0 Å². The molecule has 2 aliphatic rings. The van der Waals surface area contributed by atoms with Crippen molar-refractivity contribution in [1.82, 2.24) is 0 Å². The van der Waals surface area contributed by atoms with Gasteiger partial charge in [-0.25, -0.2) is 0 Å². The summed E-state index contributed by atoms with van der Waals surface area (Å²) in [6.07, 6.45) is 13.9. The van der Waals surface area contributed by atoms with Gasteiger partial charge in [-0.15, -0.1) is 0 Å². The Hall–Kier alpha value is -0.520. The molecule has 1 saturated carbocycles. The summed E-state index contributed by atoms with van der Waals surface area (Å²) in [5, 5.41) is 0. The fourth-order valence-electron chi connectivity index (χ4n) is 2.56. The van der Waals surface area contributed by atoms with Crippen LogP contribution in [0.4, 0.5) is 0 Å². The third kappa shape index (κ3) is 1.48. The first-order chi connectivity index (χ1) is 5.88. The van der Waals surface area contributed by atoms with Crippen LogP contribution >= 0.6 is 0 Å². The SMILES string of the molecule is CC1CCC2CCC/C=C\C=C\12. The molecule has 66 valence electrons. The molecule has 0 aromatic carbocycles. The van der Waals surface area contributed by atoms with Gasteiger partial charge >= 0.3 is 0 Å². The van der Waals surface area contributed by atoms with Gasteiger partial charge in [0, 0.05) is 0 Å². The maximum Gasteiger partial charge on any atom is -0.0197 e. The second-order valence-electron chi connectivity index (χ2n) is 4.20. The summed E-state index contributed by atoms with van der Waals surface area (Å²) in [6, 6.07) is 0. The van der Waals surface area contributed by atoms with Gasteiger partial charge in [-0.05, 0) is 43.9 Å². The van der Waals surface area contributed by atoms with E-state index in [1.165, 1.54) is 32.1 Å². The van der Waals surface area contributed by atoms with E-state index < -0.39 is 0 Å². The minimum absolute atomic E-state index is 0.859. The molecule has 0 bridgehead atoms. The van der Waals surface area contributed by atoms with E-state index in [9.17, 15) is 0 Å². The first kappa shape index (κ1) is 8.10. The minimum atomic E-state index is 0.859. The molecule has 0 saturated heterocycles. The monoisotopic (exact) mass is 162 g/mol. The normalized spacial score (nSPS) is 42.2. The highest BCUT2D eigenvalue weighted by atomic mass is 14.3. The predicted octanol–water partition coefficient (Wildman–Crippen LogP) is 3.70. The van der Waals surface area contributed by atoms with Crippen LogP contribution < -0.4 is 0 Å². The molecule has 2 rings (SSSR count). The topological polar surface area (TPSA) is 0 Å². The zero-order chi connectivity index (χ0) is 8.39. The number of allylic oxidation sites excluding steroid dienone is 4. The molecule has 0 spiro atoms. The number of rotatable bonds is 0. The highest BCUT2D eigenvalue weighted by Crippen LogP contribution is 2.39. The zero-order valence-electron chi connectivity index (χ0n) is 7.92. The average molecular weight is 162 g/mol. The van der Waals surface area contributed by atoms with Gasteiger partial charge in [-0.3, -0.25) is 0 Å². The van der Waals surface area contributed by atoms with E-state index in [1.54, 1.807) is 5.57 Å². The predicted molar refractivity (Wildman–Crippen MR) is 53.0 cm³/mol. The van der Waals surface area contributed by atoms with Crippen LogP contribution in [0, 0.1) is 11.8 Å². The molecule has 2 aliphatic carbocycles. The Morgan fingerprint density at radius 3 is 3.08 bits per heavy atom. The lowest BCUT2D eigenvalue weighted by molar-refractivity contribution is 0.547. The molecule has 2 atom stereocenters. The molecule has 12 heavy (non-hydrogen) atoms. The highest BCUT2D eigenvalue weighted by Gasteiger charge is 2.26. The van der Waals surface area contributed by atoms with Crippen LogP contribution in [0.3, 0.4) is 0 Å². The van der Waals surface area contributed by atoms with Crippen LogP contribution in [0.25, 0.3) is 0 Å². The van der Waals surface area contributed by atoms with Crippen molar-refractivity contribution in [2.45, 2.75) is 39.0 Å². The second-order valence-corrected chi connectivity index (χ2v) is 4.20. The molecule has 0 aromatic heterocycles. The van der Waals surface area contributed by atoms with E-state index >= 15 is 0 Å². The fraction of sp³-hybridized carbons (Fsp3) is 0.667. The minimum Gasteiger partial charge on any atom is -0.0845 e. The summed E-state index contributed by atoms with van der Waals surface area (Å²) in [7, 11) is 0. The molecule has 0 aromatic rings. The molecule has 1 fully saturated rings. The maximum absolute atomic E-state index is 2.38. The molecular weight excluding hydrogens is 144 g/mol. The van der Waals surface area contributed by atoms with Gasteiger partial charge in [0.25, 0.3) is 0 Å². The lowest BCUT2D eigenvalue weighted by Gasteiger charge is -2.14. The Morgan fingerprint density at radius 2 is 2.17 bits per heavy atom. The third-order valence-corrected chi connectivity index (χ3v) is 3.34. The van der Waals surface area contributed by atoms with Crippen LogP contribution in [0.5, 0.6) is 0 Å². The van der Waals surface area contributed by atoms with Gasteiger partial charge in [0.1, 0.15) is 0 Å². The summed E-state index contributed by atoms with van der Waals surface area (Å²) in [4.78, 5) is 0. The van der Waals surface area contributed by atoms with E-state index in [2.05, 4.69) is 25.2 Å². The third-order valence-electron chi connectivity index (χ3n) is 3.34. The number of hydrogen-bond donors (Lipinski definition) is 0. The van der Waals surface area contributed by atoms with Gasteiger partial charge in [0.2, 0.25) is 0 Å². The lowest BCUT2D eigenvalue weighted by Crippen LogP contribution is -2.01. The molecule has 2 unspecified atom stereocenters. The van der Waals surface area contributed by atoms with Gasteiger partial charge in [-0.1, -0.05) is 30.7 Å². The molecule has 0 amide bonds. The van der Waals surface area contributed by atoms with Crippen molar-refractivity contribution < 1.29 is 0 Å². The Balaban J connectivity index is 2.19. The molecule has 0 heteroatoms. The van der Waals surface area contributed by atoms with Gasteiger partial charge in [-0.2, -0.15) is 0 Å². The van der Waals surface area contributed by atoms with Crippen molar-refractivity contribution in [2.24, 2.45) is 11.8 Å². The van der Waals surface area contributed by atoms with Crippen molar-refractivity contribution in [1.29, 1.82) is 0 Å². The summed E-state index contributed by atoms with van der Waals surface area (Å²) in [5.74, 6) is 1.79. The lowest BCUT2D eigenvalue weighted by atomic mass is 9.91. The van der Waals surface area contributed by atoms with Crippen LogP contribution in [0.2, 0.25) is 0 Å². The summed E-state index contributed by atoms with van der Waals surface area (Å²) in [5.41, 5.74) is 1.73. The van der Waals surface area contributed by atoms with E-state index in [4.69, 9.17) is 0 Å². The van der Waals surface area contributed by atoms with Gasteiger partial charge in [0.15, 0.2) is 0 Å². The van der Waals surface area contributed by atoms with E-state index in [1.807, 2.05) is 0 Å². The Labute approximate surface area is 75.4 Å². The Morgan fingerprint density at radius 1 is 1.25 bits per heavy atom. The molecule has 0 heterocycles. The Bertz CT molecular complexity index is 210. The Kier molecular flexibility index (Phi) is 2.34. The van der Waals surface area contributed by atoms with Crippen molar-refractivity contribution in [3.8, 4) is 0 Å². The van der Waals surface area contributed by atoms with Crippen LogP contribution in [-0.2, 0) is 0 Å². The van der Waals surface area contributed by atoms with E-state index in [-0.39, 0.29) is 0 Å². The number of hydrogen-bond acceptors (Lipinski definition) is 0. The molecule has 0 aliphatic heterocycles. The van der Waals surface area contributed by atoms with Gasteiger partial charge in [0.05, 0.1) is 0 Å². The van der Waals surface area contributed by atoms with Crippen molar-refractivity contribution >= 4 is 0 Å². The standard InChI is InChI=1S/C12H18/c1-10-8-9-11-6-4-2-3-5-7-12(10)11/h3,5,7,10-11H,2,4,6,8-9H2,1H3/b5-3-,12-7-. The molecule has 0 nitrogen and oxygen atoms in total. The highest BCUT2D eigenvalue weighted by molar-refractivity contribution is 5.21. The molecular formula is C12H18. The first-order valence-electron chi connectivity index (χ1n) is 5.24. The molecule has 0 N–H and O–H groups in total. The summed E-state index contributed by atoms with van der Waals surface area (Å²) in [6.45, 7) is 2.38. The quantitative estimate of drug-likeness (QED) is 0.509. The largest absolute Gasteiger partial charge is 0.0845 e. The van der Waals surface area contributed by atoms with E-state index in [0.29, 0.717) is 0 Å². The van der Waals surface area contributed by atoms with Crippen LogP contribution in [0.1, 0.15) is 39.0 Å². The average Bonchev–Trinajstić information content (AvgIpc) is 2.31. The maximum atomic E-state index is 2.38. The summed E-state index contributed by atoms with van der Waals surface area (Å²) < 4.78 is 0. The smallest absolute Gasteiger partial charge is 0.0197 e. The fourth-order valence-corrected chi connectivity index (χ4v) is 2.56. The summed E-state index contributed by atoms with van der Waals surface area (Å²) >= 11 is 0. The zero-order valence-corrected chi connectivity index (χ0v) is 7.92. The van der Waals surface area contributed by atoms with Crippen LogP contribution in [-0.4, -0.2) is 0 Å². The van der Waals surface area contributed by atoms with E-state index in [0.717, 1.165) is 11.8 Å². The second kappa shape index (κ2) is 3.47. The number of fused-ring (bicyclic) bond motifs is 1. The molecule has 0 radical (unpaired) electrons.